The van der Waals surface area contributed by atoms with E-state index in [9.17, 15) is 4.79 Å². The second-order valence-electron chi connectivity index (χ2n) is 6.61. The lowest BCUT2D eigenvalue weighted by molar-refractivity contribution is 0.0925. The summed E-state index contributed by atoms with van der Waals surface area (Å²) in [5, 5.41) is 3.07. The van der Waals surface area contributed by atoms with Crippen molar-refractivity contribution in [1.82, 2.24) is 5.32 Å². The normalized spacial score (nSPS) is 15.0. The first-order chi connectivity index (χ1) is 12.7. The molecule has 0 fully saturated rings. The minimum Gasteiger partial charge on any atom is -0.376 e. The molecule has 0 bridgehead atoms. The molecule has 0 saturated carbocycles. The third kappa shape index (κ3) is 5.26. The first kappa shape index (κ1) is 18.8. The zero-order chi connectivity index (χ0) is 18.2. The van der Waals surface area contributed by atoms with Crippen molar-refractivity contribution in [2.45, 2.75) is 24.8 Å². The van der Waals surface area contributed by atoms with Crippen molar-refractivity contribution in [3.8, 4) is 0 Å². The van der Waals surface area contributed by atoms with Gasteiger partial charge in [-0.25, -0.2) is 4.79 Å². The van der Waals surface area contributed by atoms with E-state index in [0.717, 1.165) is 24.4 Å². The van der Waals surface area contributed by atoms with Gasteiger partial charge in [0.2, 0.25) is 0 Å². The van der Waals surface area contributed by atoms with Gasteiger partial charge in [0.15, 0.2) is 0 Å². The summed E-state index contributed by atoms with van der Waals surface area (Å²) in [6.45, 7) is 4.70. The Kier molecular flexibility index (Phi) is 6.97. The molecule has 138 valence electrons. The molecule has 1 atom stereocenters. The number of anilines is 1. The van der Waals surface area contributed by atoms with Crippen molar-refractivity contribution in [3.05, 3.63) is 60.2 Å². The molecule has 1 aliphatic rings. The average molecular weight is 371 g/mol. The van der Waals surface area contributed by atoms with Crippen LogP contribution in [0.15, 0.2) is 59.5 Å². The van der Waals surface area contributed by atoms with Crippen LogP contribution < -0.4 is 10.2 Å². The summed E-state index contributed by atoms with van der Waals surface area (Å²) in [6, 6.07) is 18.3. The number of ether oxygens (including phenoxy) is 1. The molecule has 2 aromatic rings. The highest BCUT2D eigenvalue weighted by Crippen LogP contribution is 2.33. The van der Waals surface area contributed by atoms with E-state index < -0.39 is 0 Å². The zero-order valence-electron chi connectivity index (χ0n) is 15.2. The van der Waals surface area contributed by atoms with Crippen LogP contribution in [0.25, 0.3) is 0 Å². The monoisotopic (exact) mass is 370 g/mol. The van der Waals surface area contributed by atoms with Gasteiger partial charge in [-0.1, -0.05) is 49.4 Å². The summed E-state index contributed by atoms with van der Waals surface area (Å²) in [5.41, 5.74) is 2.18. The van der Waals surface area contributed by atoms with E-state index in [4.69, 9.17) is 4.74 Å². The van der Waals surface area contributed by atoms with Gasteiger partial charge in [-0.05, 0) is 35.8 Å². The molecule has 0 aliphatic carbocycles. The number of nitrogens with zero attached hydrogens (tertiary/aromatic N) is 1. The van der Waals surface area contributed by atoms with Gasteiger partial charge in [-0.15, -0.1) is 11.8 Å². The molecule has 2 amide bonds. The summed E-state index contributed by atoms with van der Waals surface area (Å²) >= 11 is 1.82. The Morgan fingerprint density at radius 3 is 2.81 bits per heavy atom. The number of thioether (sulfide) groups is 1. The Morgan fingerprint density at radius 1 is 1.19 bits per heavy atom. The lowest BCUT2D eigenvalue weighted by Gasteiger charge is -2.24. The Morgan fingerprint density at radius 2 is 1.96 bits per heavy atom. The zero-order valence-corrected chi connectivity index (χ0v) is 16.0. The van der Waals surface area contributed by atoms with E-state index in [1.165, 1.54) is 10.5 Å². The Bertz CT molecular complexity index is 708. The Labute approximate surface area is 159 Å². The van der Waals surface area contributed by atoms with Crippen LogP contribution >= 0.6 is 11.8 Å². The van der Waals surface area contributed by atoms with Crippen molar-refractivity contribution >= 4 is 23.5 Å². The third-order valence-corrected chi connectivity index (χ3v) is 5.45. The molecular formula is C21H26N2O2S. The standard InChI is InChI=1S/C21H26N2O2S/c1-17(15-25-16-18-8-3-2-4-9-18)14-22-21(24)23-12-7-13-26-20-11-6-5-10-19(20)23/h2-6,8-11,17H,7,12-16H2,1H3,(H,22,24)/t17-/m1/s1. The van der Waals surface area contributed by atoms with Crippen LogP contribution in [0.3, 0.4) is 0 Å². The third-order valence-electron chi connectivity index (χ3n) is 4.30. The van der Waals surface area contributed by atoms with E-state index in [-0.39, 0.29) is 11.9 Å². The van der Waals surface area contributed by atoms with Crippen LogP contribution in [0.5, 0.6) is 0 Å². The van der Waals surface area contributed by atoms with E-state index >= 15 is 0 Å². The Hall–Kier alpha value is -1.98. The molecule has 1 aliphatic heterocycles. The van der Waals surface area contributed by atoms with E-state index in [1.54, 1.807) is 0 Å². The fraction of sp³-hybridized carbons (Fsp3) is 0.381. The van der Waals surface area contributed by atoms with Crippen LogP contribution in [0.1, 0.15) is 18.9 Å². The largest absolute Gasteiger partial charge is 0.376 e. The number of carbonyl (C=O) groups excluding carboxylic acids is 1. The number of fused-ring (bicyclic) bond motifs is 1. The molecule has 1 heterocycles. The topological polar surface area (TPSA) is 41.6 Å². The predicted octanol–water partition coefficient (Wildman–Crippen LogP) is 4.55. The lowest BCUT2D eigenvalue weighted by atomic mass is 10.2. The van der Waals surface area contributed by atoms with Crippen LogP contribution in [-0.2, 0) is 11.3 Å². The first-order valence-electron chi connectivity index (χ1n) is 9.13. The molecule has 0 aromatic heterocycles. The van der Waals surface area contributed by atoms with Gasteiger partial charge in [0.25, 0.3) is 0 Å². The van der Waals surface area contributed by atoms with Crippen LogP contribution in [0, 0.1) is 5.92 Å². The molecule has 0 radical (unpaired) electrons. The van der Waals surface area contributed by atoms with Crippen molar-refractivity contribution in [2.75, 3.05) is 30.3 Å². The van der Waals surface area contributed by atoms with Crippen LogP contribution in [-0.4, -0.2) is 31.5 Å². The van der Waals surface area contributed by atoms with Crippen molar-refractivity contribution < 1.29 is 9.53 Å². The predicted molar refractivity (Wildman–Crippen MR) is 108 cm³/mol. The highest BCUT2D eigenvalue weighted by atomic mass is 32.2. The minimum atomic E-state index is -0.0186. The quantitative estimate of drug-likeness (QED) is 0.811. The summed E-state index contributed by atoms with van der Waals surface area (Å²) in [5.74, 6) is 1.31. The van der Waals surface area contributed by atoms with Gasteiger partial charge in [-0.3, -0.25) is 4.90 Å². The second-order valence-corrected chi connectivity index (χ2v) is 7.75. The summed E-state index contributed by atoms with van der Waals surface area (Å²) in [4.78, 5) is 15.7. The molecule has 1 N–H and O–H groups in total. The first-order valence-corrected chi connectivity index (χ1v) is 10.1. The van der Waals surface area contributed by atoms with Crippen LogP contribution in [0.4, 0.5) is 10.5 Å². The van der Waals surface area contributed by atoms with Crippen LogP contribution in [0.2, 0.25) is 0 Å². The molecule has 0 saturated heterocycles. The Balaban J connectivity index is 1.46. The summed E-state index contributed by atoms with van der Waals surface area (Å²) < 4.78 is 5.77. The highest BCUT2D eigenvalue weighted by molar-refractivity contribution is 7.99. The fourth-order valence-electron chi connectivity index (χ4n) is 2.91. The lowest BCUT2D eigenvalue weighted by Crippen LogP contribution is -2.42. The molecule has 0 unspecified atom stereocenters. The van der Waals surface area contributed by atoms with E-state index in [2.05, 4.69) is 30.4 Å². The van der Waals surface area contributed by atoms with Crippen molar-refractivity contribution in [3.63, 3.8) is 0 Å². The van der Waals surface area contributed by atoms with Gasteiger partial charge in [-0.2, -0.15) is 0 Å². The number of carbonyl (C=O) groups is 1. The van der Waals surface area contributed by atoms with E-state index in [1.807, 2.05) is 53.1 Å². The maximum Gasteiger partial charge on any atom is 0.321 e. The molecule has 2 aromatic carbocycles. The summed E-state index contributed by atoms with van der Waals surface area (Å²) in [7, 11) is 0. The number of para-hydroxylation sites is 1. The number of hydrogen-bond acceptors (Lipinski definition) is 3. The van der Waals surface area contributed by atoms with E-state index in [0.29, 0.717) is 19.8 Å². The number of hydrogen-bond donors (Lipinski definition) is 1. The molecule has 5 heteroatoms. The number of benzene rings is 2. The van der Waals surface area contributed by atoms with Gasteiger partial charge in [0.05, 0.1) is 18.9 Å². The molecule has 0 spiro atoms. The average Bonchev–Trinajstić information content (AvgIpc) is 2.89. The van der Waals surface area contributed by atoms with Gasteiger partial charge in [0, 0.05) is 18.0 Å². The van der Waals surface area contributed by atoms with Gasteiger partial charge < -0.3 is 10.1 Å². The van der Waals surface area contributed by atoms with Crippen molar-refractivity contribution in [1.29, 1.82) is 0 Å². The molecular weight excluding hydrogens is 344 g/mol. The molecule has 4 nitrogen and oxygen atoms in total. The number of amides is 2. The highest BCUT2D eigenvalue weighted by Gasteiger charge is 2.21. The maximum absolute atomic E-state index is 12.7. The smallest absolute Gasteiger partial charge is 0.321 e. The minimum absolute atomic E-state index is 0.0186. The second kappa shape index (κ2) is 9.64. The molecule has 26 heavy (non-hydrogen) atoms. The SMILES string of the molecule is C[C@H](CNC(=O)N1CCCSc2ccccc21)COCc1ccccc1. The van der Waals surface area contributed by atoms with Crippen molar-refractivity contribution in [2.24, 2.45) is 5.92 Å². The molecule has 3 rings (SSSR count). The number of rotatable bonds is 6. The van der Waals surface area contributed by atoms with Gasteiger partial charge >= 0.3 is 6.03 Å². The van der Waals surface area contributed by atoms with Gasteiger partial charge in [0.1, 0.15) is 0 Å². The summed E-state index contributed by atoms with van der Waals surface area (Å²) in [6.07, 6.45) is 1.00. The maximum atomic E-state index is 12.7. The number of nitrogens with one attached hydrogen (secondary N) is 1. The fourth-order valence-corrected chi connectivity index (χ4v) is 3.90. The number of urea groups is 1.